The van der Waals surface area contributed by atoms with Gasteiger partial charge in [0.25, 0.3) is 0 Å². The molecule has 0 atom stereocenters. The molecular formula is C50H44. The minimum Gasteiger partial charge on any atom is -0.0616 e. The van der Waals surface area contributed by atoms with Crippen LogP contribution in [-0.4, -0.2) is 0 Å². The molecule has 0 aliphatic heterocycles. The minimum atomic E-state index is 1.24. The van der Waals surface area contributed by atoms with Gasteiger partial charge in [-0.15, -0.1) is 0 Å². The van der Waals surface area contributed by atoms with E-state index in [2.05, 4.69) is 177 Å². The van der Waals surface area contributed by atoms with Gasteiger partial charge in [-0.1, -0.05) is 144 Å². The lowest BCUT2D eigenvalue weighted by atomic mass is 9.75. The first-order valence-electron chi connectivity index (χ1n) is 17.9. The molecule has 0 aromatic heterocycles. The Labute approximate surface area is 297 Å². The Kier molecular flexibility index (Phi) is 7.72. The Hall–Kier alpha value is -5.46. The highest BCUT2D eigenvalue weighted by molar-refractivity contribution is 6.34. The van der Waals surface area contributed by atoms with Gasteiger partial charge in [0.2, 0.25) is 0 Å². The Balaban J connectivity index is 1.79. The molecule has 0 radical (unpaired) electrons. The summed E-state index contributed by atoms with van der Waals surface area (Å²) in [4.78, 5) is 0. The molecule has 0 fully saturated rings. The lowest BCUT2D eigenvalue weighted by molar-refractivity contribution is 1.32. The van der Waals surface area contributed by atoms with E-state index in [9.17, 15) is 0 Å². The van der Waals surface area contributed by atoms with Gasteiger partial charge >= 0.3 is 0 Å². The molecule has 0 aliphatic rings. The van der Waals surface area contributed by atoms with Crippen LogP contribution in [0.3, 0.4) is 0 Å². The van der Waals surface area contributed by atoms with Crippen molar-refractivity contribution >= 4 is 32.3 Å². The molecule has 0 saturated heterocycles. The highest BCUT2D eigenvalue weighted by Gasteiger charge is 2.28. The number of rotatable bonds is 4. The summed E-state index contributed by atoms with van der Waals surface area (Å²) in [6, 6.07) is 46.1. The summed E-state index contributed by atoms with van der Waals surface area (Å²) in [5.74, 6) is 0. The monoisotopic (exact) mass is 644 g/mol. The molecule has 0 unspecified atom stereocenters. The normalized spacial score (nSPS) is 11.6. The number of hydrogen-bond acceptors (Lipinski definition) is 0. The fraction of sp³-hybridized carbons (Fsp3) is 0.160. The molecule has 8 aromatic carbocycles. The molecule has 0 aliphatic carbocycles. The average Bonchev–Trinajstić information content (AvgIpc) is 3.08. The highest BCUT2D eigenvalue weighted by Crippen LogP contribution is 2.55. The molecule has 0 nitrogen and oxygen atoms in total. The topological polar surface area (TPSA) is 0 Å². The molecule has 0 bridgehead atoms. The van der Waals surface area contributed by atoms with Gasteiger partial charge in [-0.2, -0.15) is 0 Å². The van der Waals surface area contributed by atoms with Crippen LogP contribution in [0.4, 0.5) is 0 Å². The van der Waals surface area contributed by atoms with Crippen molar-refractivity contribution in [1.29, 1.82) is 0 Å². The fourth-order valence-electron chi connectivity index (χ4n) is 8.84. The zero-order chi connectivity index (χ0) is 34.8. The van der Waals surface area contributed by atoms with Crippen LogP contribution in [0.25, 0.3) is 76.8 Å². The van der Waals surface area contributed by atoms with E-state index in [1.807, 2.05) is 0 Å². The molecule has 0 N–H and O–H groups in total. The van der Waals surface area contributed by atoms with Gasteiger partial charge in [-0.3, -0.25) is 0 Å². The molecule has 0 spiro atoms. The zero-order valence-corrected chi connectivity index (χ0v) is 30.5. The summed E-state index contributed by atoms with van der Waals surface area (Å²) >= 11 is 0. The van der Waals surface area contributed by atoms with Crippen molar-refractivity contribution in [2.45, 2.75) is 55.4 Å². The van der Waals surface area contributed by atoms with Crippen LogP contribution >= 0.6 is 0 Å². The van der Waals surface area contributed by atoms with Crippen molar-refractivity contribution in [2.75, 3.05) is 0 Å². The SMILES string of the molecule is Cc1ccc(-c2c3ccccc3c(-c3c(C)cc(C)cc3C)c3c(-c4c(C)cc(C)cc4C)c4ccccc4c(-c4ccc(C)cc4)c23)cc1. The summed E-state index contributed by atoms with van der Waals surface area (Å²) in [6.45, 7) is 18.0. The first-order chi connectivity index (χ1) is 24.1. The van der Waals surface area contributed by atoms with Gasteiger partial charge in [0.15, 0.2) is 0 Å². The predicted octanol–water partition coefficient (Wildman–Crippen LogP) is 14.3. The van der Waals surface area contributed by atoms with Crippen LogP contribution in [0, 0.1) is 55.4 Å². The largest absolute Gasteiger partial charge is 0.0616 e. The fourth-order valence-corrected chi connectivity index (χ4v) is 8.84. The van der Waals surface area contributed by atoms with Crippen LogP contribution in [0.15, 0.2) is 121 Å². The maximum Gasteiger partial charge on any atom is -0.0000987 e. The second kappa shape index (κ2) is 12.1. The van der Waals surface area contributed by atoms with Crippen molar-refractivity contribution in [3.8, 4) is 44.5 Å². The van der Waals surface area contributed by atoms with Crippen LogP contribution in [0.5, 0.6) is 0 Å². The zero-order valence-electron chi connectivity index (χ0n) is 30.5. The summed E-state index contributed by atoms with van der Waals surface area (Å²) in [7, 11) is 0. The molecule has 0 heterocycles. The molecule has 244 valence electrons. The van der Waals surface area contributed by atoms with Gasteiger partial charge in [-0.25, -0.2) is 0 Å². The third kappa shape index (κ3) is 5.05. The molecular weight excluding hydrogens is 601 g/mol. The molecule has 0 saturated carbocycles. The average molecular weight is 645 g/mol. The second-order valence-corrected chi connectivity index (χ2v) is 14.6. The summed E-state index contributed by atoms with van der Waals surface area (Å²) in [6.07, 6.45) is 0. The van der Waals surface area contributed by atoms with Gasteiger partial charge in [0.1, 0.15) is 0 Å². The smallest absolute Gasteiger partial charge is 0.0000987 e. The number of fused-ring (bicyclic) bond motifs is 3. The number of aryl methyl sites for hydroxylation is 8. The molecule has 8 aromatic rings. The lowest BCUT2D eigenvalue weighted by Crippen LogP contribution is -2.01. The van der Waals surface area contributed by atoms with Crippen molar-refractivity contribution < 1.29 is 0 Å². The molecule has 50 heavy (non-hydrogen) atoms. The Morgan fingerprint density at radius 3 is 0.860 bits per heavy atom. The van der Waals surface area contributed by atoms with E-state index in [0.29, 0.717) is 0 Å². The van der Waals surface area contributed by atoms with E-state index in [1.54, 1.807) is 0 Å². The Morgan fingerprint density at radius 2 is 0.540 bits per heavy atom. The first-order valence-corrected chi connectivity index (χ1v) is 17.9. The number of hydrogen-bond donors (Lipinski definition) is 0. The van der Waals surface area contributed by atoms with Crippen molar-refractivity contribution in [1.82, 2.24) is 0 Å². The maximum absolute atomic E-state index is 2.36. The van der Waals surface area contributed by atoms with E-state index < -0.39 is 0 Å². The van der Waals surface area contributed by atoms with Crippen molar-refractivity contribution in [3.63, 3.8) is 0 Å². The van der Waals surface area contributed by atoms with Crippen molar-refractivity contribution in [3.05, 3.63) is 166 Å². The standard InChI is InChI=1S/C50H44/c1-29-17-21-37(22-18-29)45-39-13-9-11-15-41(39)47(43-33(5)25-31(3)26-34(43)6)50-48(44-35(7)27-32(4)28-36(44)8)42-16-12-10-14-40(42)46(49(45)50)38-23-19-30(2)20-24-38/h9-28H,1-8H3. The Morgan fingerprint density at radius 1 is 0.260 bits per heavy atom. The maximum atomic E-state index is 2.36. The van der Waals surface area contributed by atoms with Crippen LogP contribution < -0.4 is 0 Å². The quantitative estimate of drug-likeness (QED) is 0.167. The highest BCUT2D eigenvalue weighted by atomic mass is 14.3. The Bertz CT molecular complexity index is 2400. The van der Waals surface area contributed by atoms with Crippen LogP contribution in [0.2, 0.25) is 0 Å². The van der Waals surface area contributed by atoms with E-state index >= 15 is 0 Å². The van der Waals surface area contributed by atoms with Gasteiger partial charge in [0, 0.05) is 0 Å². The lowest BCUT2D eigenvalue weighted by Gasteiger charge is -2.27. The van der Waals surface area contributed by atoms with E-state index in [-0.39, 0.29) is 0 Å². The minimum absolute atomic E-state index is 1.24. The van der Waals surface area contributed by atoms with Crippen LogP contribution in [-0.2, 0) is 0 Å². The summed E-state index contributed by atoms with van der Waals surface area (Å²) in [5.41, 5.74) is 20.8. The van der Waals surface area contributed by atoms with Crippen molar-refractivity contribution in [2.24, 2.45) is 0 Å². The van der Waals surface area contributed by atoms with E-state index in [4.69, 9.17) is 0 Å². The number of benzene rings is 8. The van der Waals surface area contributed by atoms with Gasteiger partial charge < -0.3 is 0 Å². The molecule has 0 heteroatoms. The second-order valence-electron chi connectivity index (χ2n) is 14.6. The molecule has 0 amide bonds. The third-order valence-electron chi connectivity index (χ3n) is 10.7. The molecule has 8 rings (SSSR count). The summed E-state index contributed by atoms with van der Waals surface area (Å²) < 4.78 is 0. The van der Waals surface area contributed by atoms with E-state index in [1.165, 1.54) is 121 Å². The van der Waals surface area contributed by atoms with Crippen LogP contribution in [0.1, 0.15) is 44.5 Å². The van der Waals surface area contributed by atoms with Gasteiger partial charge in [-0.05, 0) is 154 Å². The first kappa shape index (κ1) is 31.8. The van der Waals surface area contributed by atoms with Gasteiger partial charge in [0.05, 0.1) is 0 Å². The summed E-state index contributed by atoms with van der Waals surface area (Å²) in [5, 5.41) is 7.80. The predicted molar refractivity (Wildman–Crippen MR) is 219 cm³/mol. The van der Waals surface area contributed by atoms with E-state index in [0.717, 1.165) is 0 Å². The third-order valence-corrected chi connectivity index (χ3v) is 10.7.